The third kappa shape index (κ3) is 2.73. The van der Waals surface area contributed by atoms with Crippen LogP contribution in [0, 0.1) is 0 Å². The Morgan fingerprint density at radius 1 is 1.19 bits per heavy atom. The molecule has 0 radical (unpaired) electrons. The number of benzene rings is 1. The number of hydrogen-bond donors (Lipinski definition) is 1. The van der Waals surface area contributed by atoms with E-state index in [-0.39, 0.29) is 6.61 Å². The van der Waals surface area contributed by atoms with Gasteiger partial charge in [0.2, 0.25) is 0 Å². The van der Waals surface area contributed by atoms with Gasteiger partial charge in [0.05, 0.1) is 19.3 Å². The number of aliphatic hydroxyl groups is 1. The summed E-state index contributed by atoms with van der Waals surface area (Å²) in [5.41, 5.74) is 2.85. The molecule has 3 rings (SSSR count). The van der Waals surface area contributed by atoms with E-state index in [1.807, 2.05) is 41.1 Å². The van der Waals surface area contributed by atoms with Crippen LogP contribution in [-0.4, -0.2) is 33.6 Å². The van der Waals surface area contributed by atoms with E-state index in [1.165, 1.54) is 0 Å². The number of aliphatic hydroxyl groups excluding tert-OH is 1. The van der Waals surface area contributed by atoms with Gasteiger partial charge in [0.1, 0.15) is 5.75 Å². The zero-order valence-corrected chi connectivity index (χ0v) is 11.9. The summed E-state index contributed by atoms with van der Waals surface area (Å²) in [5, 5.41) is 14.7. The first-order valence-electron chi connectivity index (χ1n) is 6.86. The summed E-state index contributed by atoms with van der Waals surface area (Å²) in [6.07, 6.45) is 2.30. The van der Waals surface area contributed by atoms with E-state index in [4.69, 9.17) is 9.84 Å². The van der Waals surface area contributed by atoms with Crippen LogP contribution in [0.4, 0.5) is 0 Å². The van der Waals surface area contributed by atoms with Gasteiger partial charge in [0, 0.05) is 24.6 Å². The molecule has 5 heteroatoms. The van der Waals surface area contributed by atoms with Crippen molar-refractivity contribution in [3.8, 4) is 5.75 Å². The molecule has 0 atom stereocenters. The van der Waals surface area contributed by atoms with Crippen molar-refractivity contribution in [2.45, 2.75) is 13.0 Å². The molecule has 2 aromatic heterocycles. The molecular weight excluding hydrogens is 266 g/mol. The van der Waals surface area contributed by atoms with Crippen molar-refractivity contribution in [2.24, 2.45) is 0 Å². The highest BCUT2D eigenvalue weighted by molar-refractivity contribution is 5.78. The molecule has 1 N–H and O–H groups in total. The number of rotatable bonds is 5. The largest absolute Gasteiger partial charge is 0.497 e. The van der Waals surface area contributed by atoms with Crippen molar-refractivity contribution in [1.29, 1.82) is 0 Å². The van der Waals surface area contributed by atoms with Crippen molar-refractivity contribution in [2.75, 3.05) is 13.7 Å². The molecule has 0 fully saturated rings. The van der Waals surface area contributed by atoms with Gasteiger partial charge in [-0.15, -0.1) is 0 Å². The quantitative estimate of drug-likeness (QED) is 0.778. The molecule has 0 aliphatic carbocycles. The number of pyridine rings is 1. The fourth-order valence-electron chi connectivity index (χ4n) is 2.38. The van der Waals surface area contributed by atoms with Crippen LogP contribution in [0.5, 0.6) is 5.75 Å². The Balaban J connectivity index is 1.95. The molecule has 5 nitrogen and oxygen atoms in total. The summed E-state index contributed by atoms with van der Waals surface area (Å²) in [7, 11) is 1.65. The predicted molar refractivity (Wildman–Crippen MR) is 80.4 cm³/mol. The van der Waals surface area contributed by atoms with Crippen molar-refractivity contribution in [3.05, 3.63) is 53.9 Å². The van der Waals surface area contributed by atoms with Crippen LogP contribution in [0.1, 0.15) is 11.3 Å². The van der Waals surface area contributed by atoms with E-state index >= 15 is 0 Å². The van der Waals surface area contributed by atoms with Crippen LogP contribution in [0.2, 0.25) is 0 Å². The maximum absolute atomic E-state index is 9.15. The van der Waals surface area contributed by atoms with Crippen molar-refractivity contribution in [3.63, 3.8) is 0 Å². The Bertz CT molecular complexity index is 735. The highest BCUT2D eigenvalue weighted by atomic mass is 16.5. The maximum Gasteiger partial charge on any atom is 0.158 e. The zero-order valence-electron chi connectivity index (χ0n) is 11.9. The fourth-order valence-corrected chi connectivity index (χ4v) is 2.38. The van der Waals surface area contributed by atoms with Gasteiger partial charge in [-0.25, -0.2) is 9.67 Å². The lowest BCUT2D eigenvalue weighted by molar-refractivity contribution is 0.298. The summed E-state index contributed by atoms with van der Waals surface area (Å²) in [6.45, 7) is 0.729. The van der Waals surface area contributed by atoms with Crippen LogP contribution in [0.25, 0.3) is 11.0 Å². The smallest absolute Gasteiger partial charge is 0.158 e. The Kier molecular flexibility index (Phi) is 3.83. The van der Waals surface area contributed by atoms with Crippen LogP contribution in [-0.2, 0) is 13.0 Å². The normalized spacial score (nSPS) is 11.0. The summed E-state index contributed by atoms with van der Waals surface area (Å²) >= 11 is 0. The highest BCUT2D eigenvalue weighted by Crippen LogP contribution is 2.19. The van der Waals surface area contributed by atoms with Gasteiger partial charge in [-0.2, -0.15) is 5.10 Å². The maximum atomic E-state index is 9.15. The molecule has 0 saturated carbocycles. The molecule has 1 aromatic carbocycles. The van der Waals surface area contributed by atoms with E-state index in [9.17, 15) is 0 Å². The lowest BCUT2D eigenvalue weighted by atomic mass is 10.2. The lowest BCUT2D eigenvalue weighted by Gasteiger charge is -2.04. The molecule has 0 aliphatic heterocycles. The number of hydrogen-bond acceptors (Lipinski definition) is 4. The first kappa shape index (κ1) is 13.6. The molecule has 0 unspecified atom stereocenters. The average molecular weight is 283 g/mol. The van der Waals surface area contributed by atoms with E-state index in [0.29, 0.717) is 13.0 Å². The Hall–Kier alpha value is -2.40. The Labute approximate surface area is 122 Å². The van der Waals surface area contributed by atoms with Gasteiger partial charge < -0.3 is 9.84 Å². The number of aromatic nitrogens is 3. The van der Waals surface area contributed by atoms with E-state index in [0.717, 1.165) is 28.0 Å². The molecule has 3 aromatic rings. The minimum atomic E-state index is 0.0868. The zero-order chi connectivity index (χ0) is 14.7. The van der Waals surface area contributed by atoms with Crippen molar-refractivity contribution in [1.82, 2.24) is 14.8 Å². The van der Waals surface area contributed by atoms with Gasteiger partial charge in [-0.3, -0.25) is 0 Å². The molecule has 108 valence electrons. The molecule has 0 amide bonds. The summed E-state index contributed by atoms with van der Waals surface area (Å²) < 4.78 is 7.04. The average Bonchev–Trinajstić information content (AvgIpc) is 2.87. The third-order valence-electron chi connectivity index (χ3n) is 3.42. The predicted octanol–water partition coefficient (Wildman–Crippen LogP) is 2.02. The van der Waals surface area contributed by atoms with Gasteiger partial charge in [-0.1, -0.05) is 12.1 Å². The number of methoxy groups -OCH3 is 1. The minimum Gasteiger partial charge on any atom is -0.497 e. The van der Waals surface area contributed by atoms with Gasteiger partial charge in [-0.05, 0) is 29.8 Å². The third-order valence-corrected chi connectivity index (χ3v) is 3.42. The van der Waals surface area contributed by atoms with Crippen LogP contribution in [0.3, 0.4) is 0 Å². The standard InChI is InChI=1S/C16H17N3O2/c1-21-13-6-4-12(5-7-13)11-19-16-14(3-2-9-17-16)15(18-19)8-10-20/h2-7,9,20H,8,10-11H2,1H3. The molecule has 0 aliphatic rings. The second kappa shape index (κ2) is 5.93. The second-order valence-electron chi connectivity index (χ2n) is 4.80. The van der Waals surface area contributed by atoms with Crippen molar-refractivity contribution < 1.29 is 9.84 Å². The first-order chi connectivity index (χ1) is 10.3. The van der Waals surface area contributed by atoms with E-state index in [1.54, 1.807) is 13.3 Å². The first-order valence-corrected chi connectivity index (χ1v) is 6.86. The number of ether oxygens (including phenoxy) is 1. The monoisotopic (exact) mass is 283 g/mol. The summed E-state index contributed by atoms with van der Waals surface area (Å²) in [6, 6.07) is 11.8. The second-order valence-corrected chi connectivity index (χ2v) is 4.80. The van der Waals surface area contributed by atoms with Gasteiger partial charge in [0.15, 0.2) is 5.65 Å². The molecule has 0 bridgehead atoms. The summed E-state index contributed by atoms with van der Waals surface area (Å²) in [5.74, 6) is 0.836. The van der Waals surface area contributed by atoms with E-state index in [2.05, 4.69) is 10.1 Å². The topological polar surface area (TPSA) is 60.2 Å². The molecular formula is C16H17N3O2. The van der Waals surface area contributed by atoms with Crippen LogP contribution < -0.4 is 4.74 Å². The van der Waals surface area contributed by atoms with Gasteiger partial charge >= 0.3 is 0 Å². The van der Waals surface area contributed by atoms with Crippen LogP contribution >= 0.6 is 0 Å². The molecule has 21 heavy (non-hydrogen) atoms. The minimum absolute atomic E-state index is 0.0868. The fraction of sp³-hybridized carbons (Fsp3) is 0.250. The van der Waals surface area contributed by atoms with Crippen molar-refractivity contribution >= 4 is 11.0 Å². The molecule has 2 heterocycles. The van der Waals surface area contributed by atoms with Crippen LogP contribution in [0.15, 0.2) is 42.6 Å². The summed E-state index contributed by atoms with van der Waals surface area (Å²) in [4.78, 5) is 4.41. The SMILES string of the molecule is COc1ccc(Cn2nc(CCO)c3cccnc32)cc1. The Morgan fingerprint density at radius 3 is 2.71 bits per heavy atom. The number of nitrogens with zero attached hydrogens (tertiary/aromatic N) is 3. The highest BCUT2D eigenvalue weighted by Gasteiger charge is 2.11. The van der Waals surface area contributed by atoms with E-state index < -0.39 is 0 Å². The molecule has 0 spiro atoms. The molecule has 0 saturated heterocycles. The van der Waals surface area contributed by atoms with Gasteiger partial charge in [0.25, 0.3) is 0 Å². The Morgan fingerprint density at radius 2 is 2.00 bits per heavy atom. The number of fused-ring (bicyclic) bond motifs is 1. The lowest BCUT2D eigenvalue weighted by Crippen LogP contribution is -2.03.